The maximum atomic E-state index is 13.8. The summed E-state index contributed by atoms with van der Waals surface area (Å²) in [5.74, 6) is -2.88. The lowest BCUT2D eigenvalue weighted by atomic mass is 9.81. The Labute approximate surface area is 235 Å². The predicted octanol–water partition coefficient (Wildman–Crippen LogP) is 5.55. The Bertz CT molecular complexity index is 1200. The highest BCUT2D eigenvalue weighted by Gasteiger charge is 2.55. The Kier molecular flexibility index (Phi) is 8.14. The third-order valence-corrected chi connectivity index (χ3v) is 9.88. The summed E-state index contributed by atoms with van der Waals surface area (Å²) in [6.45, 7) is 1.48. The van der Waals surface area contributed by atoms with Crippen LogP contribution in [0.15, 0.2) is 42.5 Å². The Morgan fingerprint density at radius 2 is 1.56 bits per heavy atom. The number of fused-ring (bicyclic) bond motifs is 1. The van der Waals surface area contributed by atoms with Crippen LogP contribution in [-0.2, 0) is 9.59 Å². The second-order valence-electron chi connectivity index (χ2n) is 8.75. The van der Waals surface area contributed by atoms with E-state index in [0.29, 0.717) is 29.2 Å². The predicted molar refractivity (Wildman–Crippen MR) is 143 cm³/mol. The molecule has 1 saturated heterocycles. The number of rotatable bonds is 6. The average molecular weight is 661 g/mol. The smallest absolute Gasteiger partial charge is 0.275 e. The Morgan fingerprint density at radius 3 is 2.06 bits per heavy atom. The number of carbonyl (C=O) groups excluding carboxylic acids is 4. The summed E-state index contributed by atoms with van der Waals surface area (Å²) >= 11 is 19.4. The molecule has 36 heavy (non-hydrogen) atoms. The van der Waals surface area contributed by atoms with Crippen molar-refractivity contribution >= 4 is 78.6 Å². The van der Waals surface area contributed by atoms with Gasteiger partial charge in [0.15, 0.2) is 5.78 Å². The van der Waals surface area contributed by atoms with Gasteiger partial charge in [0.2, 0.25) is 0 Å². The summed E-state index contributed by atoms with van der Waals surface area (Å²) in [5, 5.41) is 2.15. The summed E-state index contributed by atoms with van der Waals surface area (Å²) in [6, 6.07) is 9.46. The Morgan fingerprint density at radius 1 is 1.00 bits per heavy atom. The first-order valence-corrected chi connectivity index (χ1v) is 13.8. The zero-order chi connectivity index (χ0) is 26.3. The van der Waals surface area contributed by atoms with Crippen LogP contribution in [0.2, 0.25) is 10.0 Å². The molecular formula is C25H22Br2Cl2N2O5. The molecule has 2 aromatic carbocycles. The summed E-state index contributed by atoms with van der Waals surface area (Å²) in [5.41, 5.74) is 0.309. The number of benzene rings is 2. The van der Waals surface area contributed by atoms with Gasteiger partial charge in [0, 0.05) is 20.2 Å². The molecule has 5 atom stereocenters. The van der Waals surface area contributed by atoms with E-state index in [1.54, 1.807) is 24.3 Å². The van der Waals surface area contributed by atoms with E-state index >= 15 is 0 Å². The van der Waals surface area contributed by atoms with E-state index in [1.807, 2.05) is 0 Å². The van der Waals surface area contributed by atoms with Crippen LogP contribution in [0.1, 0.15) is 40.5 Å². The topological polar surface area (TPSA) is 84.0 Å². The van der Waals surface area contributed by atoms with Crippen LogP contribution >= 0.6 is 55.1 Å². The van der Waals surface area contributed by atoms with Gasteiger partial charge in [-0.3, -0.25) is 19.2 Å². The molecule has 0 radical (unpaired) electrons. The SMILES string of the molecule is COc1ccc(C(=O)[C@H](C)N(C(=O)c2ccc(Cl)cc2Cl)N2C(=O)[C@@H]3C[C@H](Br)[C@@H](Br)C[C@H]3C2=O)cc1. The number of hydrazine groups is 1. The molecule has 1 saturated carbocycles. The quantitative estimate of drug-likeness (QED) is 0.231. The number of ketones is 1. The third-order valence-electron chi connectivity index (χ3n) is 6.59. The van der Waals surface area contributed by atoms with Gasteiger partial charge in [-0.2, -0.15) is 5.01 Å². The molecule has 0 N–H and O–H groups in total. The summed E-state index contributed by atoms with van der Waals surface area (Å²) in [6.07, 6.45) is 0.846. The van der Waals surface area contributed by atoms with Crippen LogP contribution in [-0.4, -0.2) is 56.3 Å². The summed E-state index contributed by atoms with van der Waals surface area (Å²) < 4.78 is 5.15. The molecule has 4 rings (SSSR count). The van der Waals surface area contributed by atoms with Crippen molar-refractivity contribution in [1.82, 2.24) is 10.0 Å². The fourth-order valence-corrected chi connectivity index (χ4v) is 6.35. The molecule has 190 valence electrons. The number of hydrogen-bond acceptors (Lipinski definition) is 5. The first kappa shape index (κ1) is 27.1. The number of alkyl halides is 2. The normalized spacial score (nSPS) is 24.3. The minimum Gasteiger partial charge on any atom is -0.497 e. The maximum Gasteiger partial charge on any atom is 0.275 e. The zero-order valence-electron chi connectivity index (χ0n) is 19.3. The number of halogens is 4. The van der Waals surface area contributed by atoms with E-state index in [-0.39, 0.29) is 20.2 Å². The molecule has 1 aliphatic heterocycles. The lowest BCUT2D eigenvalue weighted by molar-refractivity contribution is -0.156. The zero-order valence-corrected chi connectivity index (χ0v) is 24.0. The first-order chi connectivity index (χ1) is 17.0. The number of Topliss-reactive ketones (excluding diaryl/α,β-unsaturated/α-hetero) is 1. The minimum atomic E-state index is -1.19. The van der Waals surface area contributed by atoms with Gasteiger partial charge in [-0.1, -0.05) is 55.1 Å². The largest absolute Gasteiger partial charge is 0.497 e. The molecular weight excluding hydrogens is 639 g/mol. The van der Waals surface area contributed by atoms with Crippen molar-refractivity contribution in [3.63, 3.8) is 0 Å². The molecule has 2 aromatic rings. The number of imide groups is 1. The van der Waals surface area contributed by atoms with Crippen LogP contribution in [0.25, 0.3) is 0 Å². The summed E-state index contributed by atoms with van der Waals surface area (Å²) in [4.78, 5) is 54.4. The average Bonchev–Trinajstić information content (AvgIpc) is 3.08. The van der Waals surface area contributed by atoms with Crippen molar-refractivity contribution in [1.29, 1.82) is 0 Å². The van der Waals surface area contributed by atoms with E-state index in [1.165, 1.54) is 32.2 Å². The number of nitrogens with zero attached hydrogens (tertiary/aromatic N) is 2. The number of methoxy groups -OCH3 is 1. The van der Waals surface area contributed by atoms with Gasteiger partial charge >= 0.3 is 0 Å². The maximum absolute atomic E-state index is 13.8. The molecule has 2 aliphatic rings. The van der Waals surface area contributed by atoms with E-state index in [4.69, 9.17) is 27.9 Å². The molecule has 7 nitrogen and oxygen atoms in total. The van der Waals surface area contributed by atoms with Crippen LogP contribution < -0.4 is 4.74 Å². The van der Waals surface area contributed by atoms with Crippen molar-refractivity contribution in [2.75, 3.05) is 7.11 Å². The second kappa shape index (κ2) is 10.8. The van der Waals surface area contributed by atoms with Crippen molar-refractivity contribution in [2.45, 2.75) is 35.5 Å². The van der Waals surface area contributed by atoms with Crippen LogP contribution in [0.4, 0.5) is 0 Å². The molecule has 2 fully saturated rings. The van der Waals surface area contributed by atoms with Gasteiger partial charge < -0.3 is 4.74 Å². The molecule has 0 spiro atoms. The van der Waals surface area contributed by atoms with Gasteiger partial charge in [-0.05, 0) is 62.2 Å². The summed E-state index contributed by atoms with van der Waals surface area (Å²) in [7, 11) is 1.51. The van der Waals surface area contributed by atoms with E-state index in [0.717, 1.165) is 10.0 Å². The Hall–Kier alpha value is -1.94. The fraction of sp³-hybridized carbons (Fsp3) is 0.360. The van der Waals surface area contributed by atoms with Crippen molar-refractivity contribution in [3.05, 3.63) is 63.6 Å². The second-order valence-corrected chi connectivity index (χ2v) is 11.9. The van der Waals surface area contributed by atoms with E-state index in [2.05, 4.69) is 31.9 Å². The van der Waals surface area contributed by atoms with Crippen LogP contribution in [0, 0.1) is 11.8 Å². The number of carbonyl (C=O) groups is 4. The number of ether oxygens (including phenoxy) is 1. The minimum absolute atomic E-state index is 0.0105. The van der Waals surface area contributed by atoms with Crippen LogP contribution in [0.3, 0.4) is 0 Å². The highest BCUT2D eigenvalue weighted by molar-refractivity contribution is 9.12. The van der Waals surface area contributed by atoms with Crippen molar-refractivity contribution in [3.8, 4) is 5.75 Å². The van der Waals surface area contributed by atoms with Gasteiger partial charge in [-0.25, -0.2) is 5.01 Å². The van der Waals surface area contributed by atoms with Gasteiger partial charge in [0.25, 0.3) is 17.7 Å². The lowest BCUT2D eigenvalue weighted by Gasteiger charge is -2.35. The fourth-order valence-electron chi connectivity index (χ4n) is 4.62. The highest BCUT2D eigenvalue weighted by atomic mass is 79.9. The number of hydrogen-bond donors (Lipinski definition) is 0. The molecule has 0 bridgehead atoms. The highest BCUT2D eigenvalue weighted by Crippen LogP contribution is 2.44. The van der Waals surface area contributed by atoms with Gasteiger partial charge in [0.05, 0.1) is 29.5 Å². The molecule has 1 aliphatic carbocycles. The van der Waals surface area contributed by atoms with E-state index in [9.17, 15) is 19.2 Å². The molecule has 11 heteroatoms. The monoisotopic (exact) mass is 658 g/mol. The molecule has 0 aromatic heterocycles. The van der Waals surface area contributed by atoms with Crippen molar-refractivity contribution in [2.24, 2.45) is 11.8 Å². The van der Waals surface area contributed by atoms with Crippen LogP contribution in [0.5, 0.6) is 5.75 Å². The van der Waals surface area contributed by atoms with Gasteiger partial charge in [0.1, 0.15) is 11.8 Å². The molecule has 1 heterocycles. The number of amides is 3. The van der Waals surface area contributed by atoms with Crippen molar-refractivity contribution < 1.29 is 23.9 Å². The van der Waals surface area contributed by atoms with E-state index < -0.39 is 41.4 Å². The Balaban J connectivity index is 1.76. The first-order valence-electron chi connectivity index (χ1n) is 11.2. The molecule has 3 amide bonds. The lowest BCUT2D eigenvalue weighted by Crippen LogP contribution is -2.56. The van der Waals surface area contributed by atoms with Gasteiger partial charge in [-0.15, -0.1) is 0 Å². The molecule has 0 unspecified atom stereocenters. The third kappa shape index (κ3) is 4.95. The standard InChI is InChI=1S/C25H22Br2Cl2N2O5/c1-12(22(32)13-3-6-15(36-2)7-4-13)30(23(33)16-8-5-14(28)9-21(16)29)31-24(34)17-10-19(26)20(27)11-18(17)25(31)35/h3-9,12,17-20H,10-11H2,1-2H3/t12-,17+,18+,19-,20-/m0/s1.